The van der Waals surface area contributed by atoms with Crippen LogP contribution < -0.4 is 4.74 Å². The van der Waals surface area contributed by atoms with E-state index in [-0.39, 0.29) is 18.3 Å². The maximum atomic E-state index is 12.7. The van der Waals surface area contributed by atoms with Gasteiger partial charge in [-0.1, -0.05) is 5.16 Å². The highest BCUT2D eigenvalue weighted by Gasteiger charge is 2.20. The highest BCUT2D eigenvalue weighted by Crippen LogP contribution is 2.16. The zero-order valence-corrected chi connectivity index (χ0v) is 16.5. The Morgan fingerprint density at radius 3 is 2.57 bits per heavy atom. The summed E-state index contributed by atoms with van der Waals surface area (Å²) in [6.45, 7) is 8.10. The number of amides is 1. The largest absolute Gasteiger partial charge is 0.486 e. The summed E-state index contributed by atoms with van der Waals surface area (Å²) < 4.78 is 10.9. The van der Waals surface area contributed by atoms with Crippen LogP contribution in [0.25, 0.3) is 0 Å². The Kier molecular flexibility index (Phi) is 6.81. The predicted molar refractivity (Wildman–Crippen MR) is 105 cm³/mol. The minimum absolute atomic E-state index is 0.00940. The molecule has 3 rings (SSSR count). The first kappa shape index (κ1) is 20.1. The van der Waals surface area contributed by atoms with Gasteiger partial charge in [-0.3, -0.25) is 9.59 Å². The Morgan fingerprint density at radius 2 is 1.93 bits per heavy atom. The van der Waals surface area contributed by atoms with E-state index in [2.05, 4.69) is 10.1 Å². The molecule has 7 heteroatoms. The maximum Gasteiger partial charge on any atom is 0.276 e. The van der Waals surface area contributed by atoms with Crippen LogP contribution in [-0.4, -0.2) is 59.4 Å². The van der Waals surface area contributed by atoms with Crippen molar-refractivity contribution in [2.45, 2.75) is 33.3 Å². The predicted octanol–water partition coefficient (Wildman–Crippen LogP) is 3.01. The monoisotopic (exact) mass is 385 g/mol. The molecule has 1 aromatic carbocycles. The molecule has 0 atom stereocenters. The van der Waals surface area contributed by atoms with Gasteiger partial charge in [0.1, 0.15) is 12.4 Å². The van der Waals surface area contributed by atoms with Gasteiger partial charge in [-0.15, -0.1) is 0 Å². The van der Waals surface area contributed by atoms with Gasteiger partial charge >= 0.3 is 0 Å². The number of rotatable bonds is 9. The molecule has 0 N–H and O–H groups in total. The first-order valence-corrected chi connectivity index (χ1v) is 9.78. The molecule has 28 heavy (non-hydrogen) atoms. The van der Waals surface area contributed by atoms with E-state index < -0.39 is 0 Å². The van der Waals surface area contributed by atoms with Crippen molar-refractivity contribution >= 4 is 11.7 Å². The van der Waals surface area contributed by atoms with Crippen LogP contribution in [0.1, 0.15) is 53.3 Å². The van der Waals surface area contributed by atoms with Gasteiger partial charge in [0.2, 0.25) is 0 Å². The number of carbonyl (C=O) groups excluding carboxylic acids is 2. The van der Waals surface area contributed by atoms with Gasteiger partial charge in [-0.2, -0.15) is 0 Å². The van der Waals surface area contributed by atoms with E-state index in [1.807, 2.05) is 6.92 Å². The van der Waals surface area contributed by atoms with Crippen molar-refractivity contribution < 1.29 is 18.8 Å². The van der Waals surface area contributed by atoms with Crippen molar-refractivity contribution in [1.82, 2.24) is 15.0 Å². The highest BCUT2D eigenvalue weighted by atomic mass is 16.5. The van der Waals surface area contributed by atoms with Crippen molar-refractivity contribution in [2.24, 2.45) is 0 Å². The Bertz CT molecular complexity index is 794. The zero-order valence-electron chi connectivity index (χ0n) is 16.5. The van der Waals surface area contributed by atoms with E-state index in [0.717, 1.165) is 19.6 Å². The van der Waals surface area contributed by atoms with Gasteiger partial charge in [-0.25, -0.2) is 0 Å². The van der Waals surface area contributed by atoms with E-state index in [9.17, 15) is 9.59 Å². The normalized spacial score (nSPS) is 14.2. The molecule has 0 bridgehead atoms. The summed E-state index contributed by atoms with van der Waals surface area (Å²) in [6, 6.07) is 8.52. The molecule has 2 heterocycles. The third kappa shape index (κ3) is 5.19. The minimum Gasteiger partial charge on any atom is -0.486 e. The molecule has 1 aromatic heterocycles. The first-order valence-electron chi connectivity index (χ1n) is 9.78. The van der Waals surface area contributed by atoms with E-state index in [0.29, 0.717) is 35.9 Å². The standard InChI is InChI=1S/C21H27N3O4/c1-3-24(13-12-23-10-4-5-11-23)21(26)20-14-19(28-22-20)15-27-18-8-6-17(7-9-18)16(2)25/h6-9,14H,3-5,10-13,15H2,1-2H3. The molecule has 150 valence electrons. The van der Waals surface area contributed by atoms with E-state index in [1.165, 1.54) is 19.8 Å². The second-order valence-corrected chi connectivity index (χ2v) is 6.98. The number of likely N-dealkylation sites (N-methyl/N-ethyl adjacent to an activating group) is 1. The summed E-state index contributed by atoms with van der Waals surface area (Å²) in [5.74, 6) is 0.988. The number of hydrogen-bond acceptors (Lipinski definition) is 6. The summed E-state index contributed by atoms with van der Waals surface area (Å²) >= 11 is 0. The van der Waals surface area contributed by atoms with Crippen LogP contribution in [-0.2, 0) is 6.61 Å². The van der Waals surface area contributed by atoms with Crippen LogP contribution in [0.3, 0.4) is 0 Å². The quantitative estimate of drug-likeness (QED) is 0.618. The molecule has 7 nitrogen and oxygen atoms in total. The average molecular weight is 385 g/mol. The third-order valence-electron chi connectivity index (χ3n) is 4.97. The molecule has 0 radical (unpaired) electrons. The molecule has 0 unspecified atom stereocenters. The molecule has 1 aliphatic heterocycles. The molecule has 1 amide bonds. The number of ketones is 1. The van der Waals surface area contributed by atoms with Crippen LogP contribution in [0.4, 0.5) is 0 Å². The lowest BCUT2D eigenvalue weighted by atomic mass is 10.1. The Labute approximate surface area is 165 Å². The smallest absolute Gasteiger partial charge is 0.276 e. The lowest BCUT2D eigenvalue weighted by Crippen LogP contribution is -2.37. The van der Waals surface area contributed by atoms with Crippen LogP contribution in [0.2, 0.25) is 0 Å². The van der Waals surface area contributed by atoms with Crippen molar-refractivity contribution in [2.75, 3.05) is 32.7 Å². The van der Waals surface area contributed by atoms with Gasteiger partial charge in [0.15, 0.2) is 17.2 Å². The number of ether oxygens (including phenoxy) is 1. The van der Waals surface area contributed by atoms with Gasteiger partial charge in [0.25, 0.3) is 5.91 Å². The van der Waals surface area contributed by atoms with E-state index in [1.54, 1.807) is 35.2 Å². The van der Waals surface area contributed by atoms with Crippen LogP contribution >= 0.6 is 0 Å². The van der Waals surface area contributed by atoms with Crippen LogP contribution in [0, 0.1) is 0 Å². The van der Waals surface area contributed by atoms with Crippen molar-refractivity contribution in [3.05, 3.63) is 47.3 Å². The molecular formula is C21H27N3O4. The summed E-state index contributed by atoms with van der Waals surface area (Å²) in [4.78, 5) is 28.2. The SMILES string of the molecule is CCN(CCN1CCCC1)C(=O)c1cc(COc2ccc(C(C)=O)cc2)on1. The third-order valence-corrected chi connectivity index (χ3v) is 4.97. The fourth-order valence-corrected chi connectivity index (χ4v) is 3.26. The second kappa shape index (κ2) is 9.50. The first-order chi connectivity index (χ1) is 13.6. The average Bonchev–Trinajstić information content (AvgIpc) is 3.39. The second-order valence-electron chi connectivity index (χ2n) is 6.98. The lowest BCUT2D eigenvalue weighted by Gasteiger charge is -2.23. The zero-order chi connectivity index (χ0) is 19.9. The fraction of sp³-hybridized carbons (Fsp3) is 0.476. The number of nitrogens with zero attached hydrogens (tertiary/aromatic N) is 3. The molecule has 0 saturated carbocycles. The number of carbonyl (C=O) groups is 2. The van der Waals surface area contributed by atoms with Gasteiger partial charge in [0, 0.05) is 31.3 Å². The molecule has 1 aliphatic rings. The molecule has 1 fully saturated rings. The van der Waals surface area contributed by atoms with Crippen LogP contribution in [0.5, 0.6) is 5.75 Å². The van der Waals surface area contributed by atoms with Crippen molar-refractivity contribution in [1.29, 1.82) is 0 Å². The molecular weight excluding hydrogens is 358 g/mol. The Hall–Kier alpha value is -2.67. The Morgan fingerprint density at radius 1 is 1.21 bits per heavy atom. The molecule has 0 spiro atoms. The van der Waals surface area contributed by atoms with Crippen molar-refractivity contribution in [3.8, 4) is 5.75 Å². The van der Waals surface area contributed by atoms with Crippen LogP contribution in [0.15, 0.2) is 34.9 Å². The number of aromatic nitrogens is 1. The van der Waals surface area contributed by atoms with Gasteiger partial charge < -0.3 is 19.1 Å². The topological polar surface area (TPSA) is 75.9 Å². The molecule has 1 saturated heterocycles. The summed E-state index contributed by atoms with van der Waals surface area (Å²) in [6.07, 6.45) is 2.48. The summed E-state index contributed by atoms with van der Waals surface area (Å²) in [5, 5.41) is 3.91. The maximum absolute atomic E-state index is 12.7. The number of Topliss-reactive ketones (excluding diaryl/α,β-unsaturated/α-hetero) is 1. The number of hydrogen-bond donors (Lipinski definition) is 0. The van der Waals surface area contributed by atoms with Gasteiger partial charge in [0.05, 0.1) is 0 Å². The lowest BCUT2D eigenvalue weighted by molar-refractivity contribution is 0.0738. The van der Waals surface area contributed by atoms with Crippen molar-refractivity contribution in [3.63, 3.8) is 0 Å². The molecule has 0 aliphatic carbocycles. The highest BCUT2D eigenvalue weighted by molar-refractivity contribution is 5.94. The minimum atomic E-state index is -0.123. The van der Waals surface area contributed by atoms with Gasteiger partial charge in [-0.05, 0) is 64.0 Å². The van der Waals surface area contributed by atoms with E-state index in [4.69, 9.17) is 9.26 Å². The fourth-order valence-electron chi connectivity index (χ4n) is 3.26. The van der Waals surface area contributed by atoms with E-state index >= 15 is 0 Å². The number of likely N-dealkylation sites (tertiary alicyclic amines) is 1. The number of benzene rings is 1. The Balaban J connectivity index is 1.52. The summed E-state index contributed by atoms with van der Waals surface area (Å²) in [5.41, 5.74) is 0.933. The molecule has 2 aromatic rings. The summed E-state index contributed by atoms with van der Waals surface area (Å²) in [7, 11) is 0.